The minimum Gasteiger partial charge on any atom is -0.480 e. The number of carbonyl (C=O) groups excluding carboxylic acids is 1. The van der Waals surface area contributed by atoms with Crippen LogP contribution in [0.3, 0.4) is 0 Å². The van der Waals surface area contributed by atoms with Crippen LogP contribution in [0, 0.1) is 6.92 Å². The van der Waals surface area contributed by atoms with E-state index in [9.17, 15) is 23.1 Å². The van der Waals surface area contributed by atoms with Crippen LogP contribution in [-0.2, 0) is 39.0 Å². The summed E-state index contributed by atoms with van der Waals surface area (Å²) < 4.78 is 34.3. The highest BCUT2D eigenvalue weighted by Crippen LogP contribution is 2.29. The maximum absolute atomic E-state index is 13.2. The first-order chi connectivity index (χ1) is 20.0. The molecule has 0 aliphatic heterocycles. The number of ether oxygens (including phenoxy) is 1. The third kappa shape index (κ3) is 12.8. The molecule has 42 heavy (non-hydrogen) atoms. The van der Waals surface area contributed by atoms with Gasteiger partial charge in [-0.3, -0.25) is 4.79 Å². The largest absolute Gasteiger partial charge is 0.480 e. The van der Waals surface area contributed by atoms with Crippen molar-refractivity contribution in [3.8, 4) is 11.1 Å². The summed E-state index contributed by atoms with van der Waals surface area (Å²) in [7, 11) is -3.38. The zero-order valence-electron chi connectivity index (χ0n) is 25.6. The summed E-state index contributed by atoms with van der Waals surface area (Å²) in [6.45, 7) is 10.5. The number of sulfone groups is 1. The molecule has 3 rings (SSSR count). The van der Waals surface area contributed by atoms with Gasteiger partial charge in [0.15, 0.2) is 5.89 Å². The molecule has 9 nitrogen and oxygen atoms in total. The van der Waals surface area contributed by atoms with Gasteiger partial charge in [-0.2, -0.15) is 11.8 Å². The van der Waals surface area contributed by atoms with E-state index in [0.717, 1.165) is 22.9 Å². The first-order valence-corrected chi connectivity index (χ1v) is 17.3. The Morgan fingerprint density at radius 3 is 2.31 bits per heavy atom. The molecule has 2 aromatic carbocycles. The zero-order chi connectivity index (χ0) is 31.7. The summed E-state index contributed by atoms with van der Waals surface area (Å²) in [5, 5.41) is 12.0. The van der Waals surface area contributed by atoms with E-state index >= 15 is 0 Å². The summed E-state index contributed by atoms with van der Waals surface area (Å²) in [6, 6.07) is 11.4. The number of rotatable bonds is 13. The van der Waals surface area contributed by atoms with Gasteiger partial charge in [0, 0.05) is 18.2 Å². The van der Waals surface area contributed by atoms with Crippen molar-refractivity contribution in [2.45, 2.75) is 66.7 Å². The van der Waals surface area contributed by atoms with Gasteiger partial charge in [0.05, 0.1) is 18.6 Å². The molecule has 2 N–H and O–H groups in total. The first kappa shape index (κ1) is 36.9. The van der Waals surface area contributed by atoms with Gasteiger partial charge in [0.1, 0.15) is 28.2 Å². The number of oxazole rings is 1. The molecule has 0 saturated carbocycles. The van der Waals surface area contributed by atoms with E-state index in [4.69, 9.17) is 9.15 Å². The Hall–Kier alpha value is -3.15. The van der Waals surface area contributed by atoms with Crippen molar-refractivity contribution in [3.63, 3.8) is 0 Å². The minimum atomic E-state index is -3.38. The zero-order valence-corrected chi connectivity index (χ0v) is 27.2. The quantitative estimate of drug-likeness (QED) is 0.238. The number of nitrogens with zero attached hydrogens (tertiary/aromatic N) is 1. The van der Waals surface area contributed by atoms with Crippen LogP contribution in [0.2, 0.25) is 0 Å². The molecule has 0 radical (unpaired) electrons. The van der Waals surface area contributed by atoms with Crippen molar-refractivity contribution >= 4 is 33.5 Å². The number of carboxylic acid groups (broad SMARTS) is 1. The van der Waals surface area contributed by atoms with Crippen LogP contribution in [0.25, 0.3) is 11.1 Å². The Morgan fingerprint density at radius 1 is 1.10 bits per heavy atom. The number of aryl methyl sites for hydroxylation is 2. The maximum atomic E-state index is 13.2. The van der Waals surface area contributed by atoms with Gasteiger partial charge in [0.25, 0.3) is 5.91 Å². The molecule has 232 valence electrons. The van der Waals surface area contributed by atoms with Crippen LogP contribution in [-0.4, -0.2) is 60.4 Å². The Kier molecular flexibility index (Phi) is 16.8. The fraction of sp³-hybridized carbons (Fsp3) is 0.452. The molecule has 1 atom stereocenters. The molecule has 11 heteroatoms. The third-order valence-corrected chi connectivity index (χ3v) is 7.40. The maximum Gasteiger partial charge on any atom is 0.326 e. The molecule has 1 unspecified atom stereocenters. The molecule has 0 aliphatic rings. The summed E-state index contributed by atoms with van der Waals surface area (Å²) in [4.78, 5) is 29.0. The highest BCUT2D eigenvalue weighted by atomic mass is 32.2. The van der Waals surface area contributed by atoms with Crippen molar-refractivity contribution in [2.24, 2.45) is 0 Å². The van der Waals surface area contributed by atoms with Gasteiger partial charge in [-0.25, -0.2) is 18.2 Å². The average Bonchev–Trinajstić information content (AvgIpc) is 3.44. The summed E-state index contributed by atoms with van der Waals surface area (Å²) in [6.07, 6.45) is 5.22. The van der Waals surface area contributed by atoms with Crippen molar-refractivity contribution in [1.29, 1.82) is 0 Å². The van der Waals surface area contributed by atoms with Gasteiger partial charge in [-0.05, 0) is 59.7 Å². The fourth-order valence-electron chi connectivity index (χ4n) is 3.65. The number of thioether (sulfide) groups is 1. The Bertz CT molecular complexity index is 1370. The predicted molar refractivity (Wildman–Crippen MR) is 170 cm³/mol. The van der Waals surface area contributed by atoms with Crippen LogP contribution in [0.5, 0.6) is 0 Å². The van der Waals surface area contributed by atoms with Crippen molar-refractivity contribution in [3.05, 3.63) is 77.0 Å². The summed E-state index contributed by atoms with van der Waals surface area (Å²) in [5.41, 5.74) is 3.46. The second-order valence-electron chi connectivity index (χ2n) is 9.12. The lowest BCUT2D eigenvalue weighted by atomic mass is 9.93. The fourth-order valence-corrected chi connectivity index (χ4v) is 4.31. The SMILES string of the molecule is CC.CCSC.CCc1ncc(COCc2ccc(C(=O)NC(CCS(C)(=O)=O)C(=O)O)c(-c3ccccc3C)c2)o1. The molecule has 1 aromatic heterocycles. The number of hydrogen-bond acceptors (Lipinski definition) is 8. The minimum absolute atomic E-state index is 0.229. The number of amides is 1. The first-order valence-electron chi connectivity index (χ1n) is 13.9. The Morgan fingerprint density at radius 2 is 1.76 bits per heavy atom. The van der Waals surface area contributed by atoms with Crippen LogP contribution < -0.4 is 5.32 Å². The second kappa shape index (κ2) is 19.1. The lowest BCUT2D eigenvalue weighted by Crippen LogP contribution is -2.42. The van der Waals surface area contributed by atoms with Gasteiger partial charge in [0.2, 0.25) is 0 Å². The molecular formula is C31H44N2O7S2. The van der Waals surface area contributed by atoms with Crippen LogP contribution in [0.15, 0.2) is 53.1 Å². The third-order valence-electron chi connectivity index (χ3n) is 5.85. The van der Waals surface area contributed by atoms with Gasteiger partial charge in [-0.1, -0.05) is 58.0 Å². The van der Waals surface area contributed by atoms with Crippen molar-refractivity contribution in [2.75, 3.05) is 24.0 Å². The molecular weight excluding hydrogens is 576 g/mol. The van der Waals surface area contributed by atoms with Gasteiger partial charge < -0.3 is 19.6 Å². The number of hydrogen-bond donors (Lipinski definition) is 2. The molecule has 1 amide bonds. The smallest absolute Gasteiger partial charge is 0.326 e. The number of benzene rings is 2. The topological polar surface area (TPSA) is 136 Å². The van der Waals surface area contributed by atoms with Crippen LogP contribution in [0.1, 0.15) is 67.3 Å². The Balaban J connectivity index is 0.00000135. The molecule has 0 saturated heterocycles. The Labute approximate surface area is 254 Å². The lowest BCUT2D eigenvalue weighted by Gasteiger charge is -2.17. The highest BCUT2D eigenvalue weighted by Gasteiger charge is 2.24. The molecule has 0 spiro atoms. The molecule has 0 fully saturated rings. The molecule has 3 aromatic rings. The van der Waals surface area contributed by atoms with E-state index in [1.165, 1.54) is 5.75 Å². The van der Waals surface area contributed by atoms with E-state index in [2.05, 4.69) is 23.5 Å². The van der Waals surface area contributed by atoms with Crippen molar-refractivity contribution in [1.82, 2.24) is 10.3 Å². The molecule has 0 bridgehead atoms. The van der Waals surface area contributed by atoms with E-state index in [0.29, 0.717) is 23.6 Å². The predicted octanol–water partition coefficient (Wildman–Crippen LogP) is 5.94. The molecule has 1 heterocycles. The van der Waals surface area contributed by atoms with Crippen LogP contribution in [0.4, 0.5) is 0 Å². The summed E-state index contributed by atoms with van der Waals surface area (Å²) in [5.74, 6) is 0.247. The standard InChI is InChI=1S/C26H30N2O7S.C3H8S.C2H6/c1-4-24-27-14-19(35-24)16-34-15-18-9-10-21(22(13-18)20-8-6-5-7-17(20)2)25(29)28-23(26(30)31)11-12-36(3,32)33;1-3-4-2;1-2/h5-10,13-14,23H,4,11-12,15-16H2,1-3H3,(H,28,29)(H,30,31);3H2,1-2H3;1-2H3. The number of aromatic nitrogens is 1. The highest BCUT2D eigenvalue weighted by molar-refractivity contribution is 7.98. The van der Waals surface area contributed by atoms with Crippen LogP contribution >= 0.6 is 11.8 Å². The van der Waals surface area contributed by atoms with Gasteiger partial charge in [-0.15, -0.1) is 0 Å². The number of aliphatic carboxylic acids is 1. The number of nitrogens with one attached hydrogen (secondary N) is 1. The summed E-state index contributed by atoms with van der Waals surface area (Å²) >= 11 is 1.86. The number of carbonyl (C=O) groups is 2. The number of carboxylic acids is 1. The average molecular weight is 621 g/mol. The second-order valence-corrected chi connectivity index (χ2v) is 12.5. The van der Waals surface area contributed by atoms with E-state index in [1.807, 2.05) is 69.8 Å². The normalized spacial score (nSPS) is 11.4. The lowest BCUT2D eigenvalue weighted by molar-refractivity contribution is -0.139. The molecule has 0 aliphatic carbocycles. The monoisotopic (exact) mass is 620 g/mol. The van der Waals surface area contributed by atoms with E-state index in [1.54, 1.807) is 18.3 Å². The van der Waals surface area contributed by atoms with E-state index in [-0.39, 0.29) is 31.0 Å². The van der Waals surface area contributed by atoms with Crippen molar-refractivity contribution < 1.29 is 32.3 Å². The van der Waals surface area contributed by atoms with Gasteiger partial charge >= 0.3 is 5.97 Å². The van der Waals surface area contributed by atoms with E-state index < -0.39 is 27.8 Å².